The van der Waals surface area contributed by atoms with Crippen molar-refractivity contribution in [1.29, 1.82) is 0 Å². The molecule has 0 bridgehead atoms. The van der Waals surface area contributed by atoms with Gasteiger partial charge in [0.25, 0.3) is 0 Å². The maximum Gasteiger partial charge on any atom is 0.350 e. The van der Waals surface area contributed by atoms with E-state index >= 15 is 0 Å². The highest BCUT2D eigenvalue weighted by Gasteiger charge is 2.15. The second-order valence-electron chi connectivity index (χ2n) is 4.95. The van der Waals surface area contributed by atoms with E-state index in [-0.39, 0.29) is 12.1 Å². The van der Waals surface area contributed by atoms with E-state index in [1.54, 1.807) is 48.7 Å². The summed E-state index contributed by atoms with van der Waals surface area (Å²) in [6.45, 7) is -0.268. The Kier molecular flexibility index (Phi) is 4.11. The summed E-state index contributed by atoms with van der Waals surface area (Å²) >= 11 is 0. The van der Waals surface area contributed by atoms with Gasteiger partial charge in [0.15, 0.2) is 5.65 Å². The van der Waals surface area contributed by atoms with Crippen molar-refractivity contribution in [3.63, 3.8) is 0 Å². The number of nitrogens with one attached hydrogen (secondary N) is 1. The van der Waals surface area contributed by atoms with Crippen molar-refractivity contribution in [2.75, 3.05) is 12.4 Å². The Morgan fingerprint density at radius 2 is 1.92 bits per heavy atom. The van der Waals surface area contributed by atoms with Crippen molar-refractivity contribution < 1.29 is 14.3 Å². The number of rotatable bonds is 4. The van der Waals surface area contributed by atoms with Crippen LogP contribution in [-0.2, 0) is 16.1 Å². The fourth-order valence-electron chi connectivity index (χ4n) is 2.28. The predicted molar refractivity (Wildman–Crippen MR) is 85.9 cm³/mol. The Labute approximate surface area is 136 Å². The molecule has 2 heterocycles. The van der Waals surface area contributed by atoms with Gasteiger partial charge in [-0.1, -0.05) is 18.2 Å². The maximum absolute atomic E-state index is 12.2. The van der Waals surface area contributed by atoms with Crippen molar-refractivity contribution in [2.24, 2.45) is 0 Å². The molecule has 8 heteroatoms. The molecule has 0 aliphatic carbocycles. The fraction of sp³-hybridized carbons (Fsp3) is 0.125. The first kappa shape index (κ1) is 15.5. The third-order valence-electron chi connectivity index (χ3n) is 3.39. The zero-order valence-corrected chi connectivity index (χ0v) is 12.8. The molecule has 0 atom stereocenters. The first-order valence-corrected chi connectivity index (χ1v) is 7.11. The van der Waals surface area contributed by atoms with Crippen LogP contribution in [0.2, 0.25) is 0 Å². The van der Waals surface area contributed by atoms with Crippen LogP contribution in [-0.4, -0.2) is 33.2 Å². The number of fused-ring (bicyclic) bond motifs is 1. The lowest BCUT2D eigenvalue weighted by Gasteiger charge is -2.09. The van der Waals surface area contributed by atoms with E-state index < -0.39 is 17.6 Å². The van der Waals surface area contributed by atoms with Crippen LogP contribution >= 0.6 is 0 Å². The molecule has 0 radical (unpaired) electrons. The number of ether oxygens (including phenoxy) is 1. The van der Waals surface area contributed by atoms with E-state index in [0.29, 0.717) is 11.3 Å². The third-order valence-corrected chi connectivity index (χ3v) is 3.39. The molecule has 0 saturated carbocycles. The lowest BCUT2D eigenvalue weighted by atomic mass is 10.2. The summed E-state index contributed by atoms with van der Waals surface area (Å²) < 4.78 is 7.08. The second kappa shape index (κ2) is 6.37. The van der Waals surface area contributed by atoms with Gasteiger partial charge in [0.1, 0.15) is 6.54 Å². The first-order chi connectivity index (χ1) is 11.6. The molecule has 2 aromatic heterocycles. The van der Waals surface area contributed by atoms with Crippen LogP contribution in [0, 0.1) is 0 Å². The number of carbonyl (C=O) groups is 2. The van der Waals surface area contributed by atoms with E-state index in [1.165, 1.54) is 11.5 Å². The standard InChI is InChI=1S/C16H14N4O4/c1-24-15(22)11-6-2-3-7-12(11)17-14(21)10-20-16(23)19-9-5-4-8-13(19)18-20/h2-9H,10H2,1H3,(H,17,21). The third kappa shape index (κ3) is 2.89. The van der Waals surface area contributed by atoms with Crippen LogP contribution in [0.15, 0.2) is 53.5 Å². The van der Waals surface area contributed by atoms with Crippen molar-refractivity contribution >= 4 is 23.2 Å². The van der Waals surface area contributed by atoms with Gasteiger partial charge in [-0.2, -0.15) is 0 Å². The van der Waals surface area contributed by atoms with Gasteiger partial charge in [-0.05, 0) is 24.3 Å². The summed E-state index contributed by atoms with van der Waals surface area (Å²) in [5, 5.41) is 6.68. The van der Waals surface area contributed by atoms with E-state index in [2.05, 4.69) is 15.2 Å². The van der Waals surface area contributed by atoms with Gasteiger partial charge in [-0.15, -0.1) is 5.10 Å². The average molecular weight is 326 g/mol. The Morgan fingerprint density at radius 3 is 2.67 bits per heavy atom. The SMILES string of the molecule is COC(=O)c1ccccc1NC(=O)Cn1nc2ccccn2c1=O. The zero-order valence-electron chi connectivity index (χ0n) is 12.8. The molecule has 0 aliphatic heterocycles. The van der Waals surface area contributed by atoms with Crippen LogP contribution in [0.4, 0.5) is 5.69 Å². The van der Waals surface area contributed by atoms with E-state index in [1.807, 2.05) is 0 Å². The van der Waals surface area contributed by atoms with Gasteiger partial charge < -0.3 is 10.1 Å². The Balaban J connectivity index is 1.82. The number of methoxy groups -OCH3 is 1. The predicted octanol–water partition coefficient (Wildman–Crippen LogP) is 0.921. The smallest absolute Gasteiger partial charge is 0.350 e. The van der Waals surface area contributed by atoms with E-state index in [0.717, 1.165) is 4.68 Å². The highest BCUT2D eigenvalue weighted by molar-refractivity contribution is 6.01. The number of esters is 1. The minimum absolute atomic E-state index is 0.232. The summed E-state index contributed by atoms with van der Waals surface area (Å²) in [4.78, 5) is 36.1. The second-order valence-corrected chi connectivity index (χ2v) is 4.95. The van der Waals surface area contributed by atoms with Crippen LogP contribution in [0.25, 0.3) is 5.65 Å². The number of benzene rings is 1. The number of hydrogen-bond donors (Lipinski definition) is 1. The normalized spacial score (nSPS) is 10.5. The van der Waals surface area contributed by atoms with Crippen LogP contribution < -0.4 is 11.0 Å². The number of hydrogen-bond acceptors (Lipinski definition) is 5. The molecule has 122 valence electrons. The molecule has 1 N–H and O–H groups in total. The Morgan fingerprint density at radius 1 is 1.17 bits per heavy atom. The number of pyridine rings is 1. The first-order valence-electron chi connectivity index (χ1n) is 7.11. The lowest BCUT2D eigenvalue weighted by molar-refractivity contribution is -0.117. The molecular weight excluding hydrogens is 312 g/mol. The highest BCUT2D eigenvalue weighted by atomic mass is 16.5. The van der Waals surface area contributed by atoms with Crippen molar-refractivity contribution in [3.05, 3.63) is 64.7 Å². The topological polar surface area (TPSA) is 94.7 Å². The Bertz CT molecular complexity index is 973. The molecule has 24 heavy (non-hydrogen) atoms. The van der Waals surface area contributed by atoms with Crippen molar-refractivity contribution in [1.82, 2.24) is 14.2 Å². The summed E-state index contributed by atoms with van der Waals surface area (Å²) in [6.07, 6.45) is 1.58. The van der Waals surface area contributed by atoms with Gasteiger partial charge in [0.2, 0.25) is 5.91 Å². The fourth-order valence-corrected chi connectivity index (χ4v) is 2.28. The van der Waals surface area contributed by atoms with Gasteiger partial charge in [-0.25, -0.2) is 14.3 Å². The Hall–Kier alpha value is -3.42. The van der Waals surface area contributed by atoms with Gasteiger partial charge in [0, 0.05) is 6.20 Å². The van der Waals surface area contributed by atoms with Crippen LogP contribution in [0.1, 0.15) is 10.4 Å². The van der Waals surface area contributed by atoms with Gasteiger partial charge in [0.05, 0.1) is 18.4 Å². The number of para-hydroxylation sites is 1. The van der Waals surface area contributed by atoms with Crippen molar-refractivity contribution in [2.45, 2.75) is 6.54 Å². The molecule has 0 saturated heterocycles. The summed E-state index contributed by atoms with van der Waals surface area (Å²) in [7, 11) is 1.26. The molecule has 0 fully saturated rings. The van der Waals surface area contributed by atoms with E-state index in [9.17, 15) is 14.4 Å². The number of nitrogens with zero attached hydrogens (tertiary/aromatic N) is 3. The number of amides is 1. The molecular formula is C16H14N4O4. The molecule has 0 unspecified atom stereocenters. The quantitative estimate of drug-likeness (QED) is 0.720. The monoisotopic (exact) mass is 326 g/mol. The molecule has 0 aliphatic rings. The van der Waals surface area contributed by atoms with Crippen molar-refractivity contribution in [3.8, 4) is 0 Å². The number of anilines is 1. The minimum atomic E-state index is -0.559. The maximum atomic E-state index is 12.2. The van der Waals surface area contributed by atoms with Gasteiger partial charge in [-0.3, -0.25) is 9.20 Å². The summed E-state index contributed by atoms with van der Waals surface area (Å²) in [5.74, 6) is -1.03. The highest BCUT2D eigenvalue weighted by Crippen LogP contribution is 2.15. The molecule has 0 spiro atoms. The largest absolute Gasteiger partial charge is 0.465 e. The van der Waals surface area contributed by atoms with Crippen LogP contribution in [0.5, 0.6) is 0 Å². The molecule has 1 amide bonds. The van der Waals surface area contributed by atoms with Crippen LogP contribution in [0.3, 0.4) is 0 Å². The molecule has 8 nitrogen and oxygen atoms in total. The van der Waals surface area contributed by atoms with Gasteiger partial charge >= 0.3 is 11.7 Å². The molecule has 3 aromatic rings. The minimum Gasteiger partial charge on any atom is -0.465 e. The zero-order chi connectivity index (χ0) is 17.1. The number of aromatic nitrogens is 3. The molecule has 1 aromatic carbocycles. The summed E-state index contributed by atoms with van der Waals surface area (Å²) in [6, 6.07) is 11.6. The lowest BCUT2D eigenvalue weighted by Crippen LogP contribution is -2.28. The summed E-state index contributed by atoms with van der Waals surface area (Å²) in [5.41, 5.74) is 0.578. The molecule has 3 rings (SSSR count). The average Bonchev–Trinajstić information content (AvgIpc) is 2.91. The number of carbonyl (C=O) groups excluding carboxylic acids is 2. The van der Waals surface area contributed by atoms with E-state index in [4.69, 9.17) is 0 Å².